The normalized spacial score (nSPS) is 13.9. The number of carbonyl (C=O) groups is 2. The van der Waals surface area contributed by atoms with Crippen molar-refractivity contribution in [2.75, 3.05) is 14.2 Å². The second-order valence-corrected chi connectivity index (χ2v) is 6.15. The molecule has 0 bridgehead atoms. The second kappa shape index (κ2) is 7.51. The van der Waals surface area contributed by atoms with E-state index >= 15 is 0 Å². The lowest BCUT2D eigenvalue weighted by atomic mass is 9.96. The summed E-state index contributed by atoms with van der Waals surface area (Å²) in [5.41, 5.74) is 0.192. The van der Waals surface area contributed by atoms with Crippen LogP contribution in [0.4, 0.5) is 0 Å². The van der Waals surface area contributed by atoms with Gasteiger partial charge in [0.25, 0.3) is 0 Å². The summed E-state index contributed by atoms with van der Waals surface area (Å²) in [7, 11) is 3.01. The Kier molecular flexibility index (Phi) is 6.29. The number of aliphatic hydroxyl groups is 1. The molecule has 0 saturated carbocycles. The first-order chi connectivity index (χ1) is 9.77. The van der Waals surface area contributed by atoms with Crippen LogP contribution in [-0.2, 0) is 9.53 Å². The average molecular weight is 314 g/mol. The molecule has 2 unspecified atom stereocenters. The lowest BCUT2D eigenvalue weighted by molar-refractivity contribution is -0.131. The van der Waals surface area contributed by atoms with Gasteiger partial charge in [-0.1, -0.05) is 13.8 Å². The van der Waals surface area contributed by atoms with Crippen molar-refractivity contribution < 1.29 is 19.4 Å². The molecule has 0 spiro atoms. The number of thiazole rings is 1. The van der Waals surface area contributed by atoms with Gasteiger partial charge in [0, 0.05) is 31.8 Å². The Bertz CT molecular complexity index is 501. The van der Waals surface area contributed by atoms with E-state index in [4.69, 9.17) is 0 Å². The van der Waals surface area contributed by atoms with Crippen molar-refractivity contribution in [2.45, 2.75) is 39.3 Å². The Hall–Kier alpha value is -1.47. The van der Waals surface area contributed by atoms with E-state index in [1.807, 2.05) is 13.8 Å². The molecule has 0 saturated heterocycles. The molecule has 21 heavy (non-hydrogen) atoms. The smallest absolute Gasteiger partial charge is 0.357 e. The van der Waals surface area contributed by atoms with Crippen LogP contribution in [0.1, 0.15) is 48.8 Å². The maximum absolute atomic E-state index is 11.5. The number of aromatic nitrogens is 1. The van der Waals surface area contributed by atoms with Crippen molar-refractivity contribution in [3.05, 3.63) is 16.1 Å². The summed E-state index contributed by atoms with van der Waals surface area (Å²) in [5.74, 6) is -0.366. The zero-order valence-electron chi connectivity index (χ0n) is 13.0. The van der Waals surface area contributed by atoms with E-state index in [0.29, 0.717) is 11.4 Å². The van der Waals surface area contributed by atoms with E-state index in [9.17, 15) is 14.7 Å². The lowest BCUT2D eigenvalue weighted by Crippen LogP contribution is -2.40. The average Bonchev–Trinajstić information content (AvgIpc) is 2.92. The third-order valence-corrected chi connectivity index (χ3v) is 4.38. The van der Waals surface area contributed by atoms with Gasteiger partial charge in [0.15, 0.2) is 5.69 Å². The molecule has 1 N–H and O–H groups in total. The number of amides is 1. The first kappa shape index (κ1) is 17.6. The van der Waals surface area contributed by atoms with E-state index in [-0.39, 0.29) is 23.6 Å². The summed E-state index contributed by atoms with van der Waals surface area (Å²) < 4.78 is 4.59. The van der Waals surface area contributed by atoms with E-state index in [1.54, 1.807) is 17.3 Å². The van der Waals surface area contributed by atoms with Gasteiger partial charge in [-0.05, 0) is 5.92 Å². The summed E-state index contributed by atoms with van der Waals surface area (Å²) >= 11 is 1.21. The van der Waals surface area contributed by atoms with Crippen LogP contribution in [0.5, 0.6) is 0 Å². The SMILES string of the molecule is COC(=O)c1csc(C(O)CC(C(C)C)N(C)C(C)=O)n1. The molecule has 1 aromatic heterocycles. The largest absolute Gasteiger partial charge is 0.464 e. The quantitative estimate of drug-likeness (QED) is 0.811. The minimum atomic E-state index is -0.817. The predicted molar refractivity (Wildman–Crippen MR) is 80.1 cm³/mol. The molecule has 0 aliphatic carbocycles. The number of aliphatic hydroxyl groups excluding tert-OH is 1. The van der Waals surface area contributed by atoms with Gasteiger partial charge >= 0.3 is 5.97 Å². The minimum Gasteiger partial charge on any atom is -0.464 e. The Morgan fingerprint density at radius 1 is 1.48 bits per heavy atom. The van der Waals surface area contributed by atoms with Crippen molar-refractivity contribution in [1.82, 2.24) is 9.88 Å². The van der Waals surface area contributed by atoms with Crippen LogP contribution >= 0.6 is 11.3 Å². The monoisotopic (exact) mass is 314 g/mol. The second-order valence-electron chi connectivity index (χ2n) is 5.26. The van der Waals surface area contributed by atoms with Crippen LogP contribution in [0, 0.1) is 5.92 Å². The number of hydrogen-bond acceptors (Lipinski definition) is 6. The summed E-state index contributed by atoms with van der Waals surface area (Å²) in [6, 6.07) is -0.0945. The van der Waals surface area contributed by atoms with Crippen LogP contribution in [0.3, 0.4) is 0 Å². The number of hydrogen-bond donors (Lipinski definition) is 1. The molecule has 6 nitrogen and oxygen atoms in total. The van der Waals surface area contributed by atoms with Crippen molar-refractivity contribution in [1.29, 1.82) is 0 Å². The zero-order valence-corrected chi connectivity index (χ0v) is 13.8. The Labute approximate surface area is 128 Å². The lowest BCUT2D eigenvalue weighted by Gasteiger charge is -2.31. The maximum atomic E-state index is 11.5. The van der Waals surface area contributed by atoms with Gasteiger partial charge in [0.1, 0.15) is 11.1 Å². The van der Waals surface area contributed by atoms with Crippen LogP contribution in [0.2, 0.25) is 0 Å². The summed E-state index contributed by atoms with van der Waals surface area (Å²) in [6.07, 6.45) is -0.440. The van der Waals surface area contributed by atoms with E-state index in [1.165, 1.54) is 25.4 Å². The molecule has 7 heteroatoms. The molecule has 0 aliphatic heterocycles. The molecule has 2 atom stereocenters. The topological polar surface area (TPSA) is 79.7 Å². The number of methoxy groups -OCH3 is 1. The highest BCUT2D eigenvalue weighted by Crippen LogP contribution is 2.26. The fraction of sp³-hybridized carbons (Fsp3) is 0.643. The van der Waals surface area contributed by atoms with Gasteiger partial charge < -0.3 is 14.7 Å². The molecule has 1 amide bonds. The number of nitrogens with zero attached hydrogens (tertiary/aromatic N) is 2. The van der Waals surface area contributed by atoms with Crippen molar-refractivity contribution >= 4 is 23.2 Å². The number of ether oxygens (including phenoxy) is 1. The van der Waals surface area contributed by atoms with Crippen molar-refractivity contribution in [3.63, 3.8) is 0 Å². The summed E-state index contributed by atoms with van der Waals surface area (Å²) in [6.45, 7) is 5.50. The van der Waals surface area contributed by atoms with Crippen molar-refractivity contribution in [3.8, 4) is 0 Å². The summed E-state index contributed by atoms with van der Waals surface area (Å²) in [4.78, 5) is 28.6. The van der Waals surface area contributed by atoms with Gasteiger partial charge in [-0.2, -0.15) is 0 Å². The molecule has 118 valence electrons. The third kappa shape index (κ3) is 4.50. The Morgan fingerprint density at radius 2 is 2.10 bits per heavy atom. The molecule has 0 radical (unpaired) electrons. The fourth-order valence-corrected chi connectivity index (χ4v) is 2.87. The fourth-order valence-electron chi connectivity index (χ4n) is 2.08. The summed E-state index contributed by atoms with van der Waals surface area (Å²) in [5, 5.41) is 12.3. The van der Waals surface area contributed by atoms with Crippen LogP contribution in [0.25, 0.3) is 0 Å². The third-order valence-electron chi connectivity index (χ3n) is 3.43. The minimum absolute atomic E-state index is 0.0460. The first-order valence-corrected chi connectivity index (χ1v) is 7.61. The Balaban J connectivity index is 2.82. The molecule has 1 aromatic rings. The zero-order chi connectivity index (χ0) is 16.2. The number of rotatable bonds is 6. The van der Waals surface area contributed by atoms with E-state index in [2.05, 4.69) is 9.72 Å². The van der Waals surface area contributed by atoms with E-state index in [0.717, 1.165) is 0 Å². The number of carbonyl (C=O) groups excluding carboxylic acids is 2. The van der Waals surface area contributed by atoms with Gasteiger partial charge in [0.2, 0.25) is 5.91 Å². The van der Waals surface area contributed by atoms with Gasteiger partial charge in [-0.25, -0.2) is 9.78 Å². The molecular formula is C14H22N2O4S. The molecule has 1 rings (SSSR count). The molecule has 0 fully saturated rings. The van der Waals surface area contributed by atoms with Gasteiger partial charge in [-0.3, -0.25) is 4.79 Å². The highest BCUT2D eigenvalue weighted by Gasteiger charge is 2.26. The highest BCUT2D eigenvalue weighted by atomic mass is 32.1. The maximum Gasteiger partial charge on any atom is 0.357 e. The first-order valence-electron chi connectivity index (χ1n) is 6.73. The van der Waals surface area contributed by atoms with Gasteiger partial charge in [0.05, 0.1) is 7.11 Å². The highest BCUT2D eigenvalue weighted by molar-refractivity contribution is 7.09. The Morgan fingerprint density at radius 3 is 2.57 bits per heavy atom. The van der Waals surface area contributed by atoms with Gasteiger partial charge in [-0.15, -0.1) is 11.3 Å². The number of esters is 1. The standard InChI is InChI=1S/C14H22N2O4S/c1-8(2)11(16(4)9(3)17)6-12(18)13-15-10(7-21-13)14(19)20-5/h7-8,11-12,18H,6H2,1-5H3. The molecule has 0 aromatic carbocycles. The van der Waals surface area contributed by atoms with Crippen LogP contribution in [0.15, 0.2) is 5.38 Å². The van der Waals surface area contributed by atoms with Crippen LogP contribution < -0.4 is 0 Å². The molecule has 1 heterocycles. The predicted octanol–water partition coefficient (Wildman–Crippen LogP) is 1.86. The van der Waals surface area contributed by atoms with E-state index < -0.39 is 12.1 Å². The van der Waals surface area contributed by atoms with Crippen molar-refractivity contribution in [2.24, 2.45) is 5.92 Å². The van der Waals surface area contributed by atoms with Crippen LogP contribution in [-0.4, -0.2) is 47.1 Å². The molecular weight excluding hydrogens is 292 g/mol. The molecule has 0 aliphatic rings.